The van der Waals surface area contributed by atoms with Crippen LogP contribution in [0.1, 0.15) is 26.3 Å². The fraction of sp³-hybridized carbons (Fsp3) is 0.132. The van der Waals surface area contributed by atoms with Crippen molar-refractivity contribution in [3.8, 4) is 29.0 Å². The third-order valence-corrected chi connectivity index (χ3v) is 8.20. The van der Waals surface area contributed by atoms with Gasteiger partial charge >= 0.3 is 0 Å². The van der Waals surface area contributed by atoms with Gasteiger partial charge in [0.25, 0.3) is 0 Å². The van der Waals surface area contributed by atoms with Crippen LogP contribution in [0.15, 0.2) is 104 Å². The molecule has 5 heterocycles. The summed E-state index contributed by atoms with van der Waals surface area (Å²) in [5.74, 6) is 2.11. The van der Waals surface area contributed by atoms with Crippen LogP contribution >= 0.6 is 0 Å². The molecule has 47 heavy (non-hydrogen) atoms. The second-order valence-corrected chi connectivity index (χ2v) is 12.3. The van der Waals surface area contributed by atoms with E-state index in [1.807, 2.05) is 50.2 Å². The minimum atomic E-state index is -0.0246. The molecule has 8 rings (SSSR count). The zero-order valence-corrected chi connectivity index (χ0v) is 28.5. The van der Waals surface area contributed by atoms with Crippen LogP contribution in [-0.2, 0) is 26.5 Å². The van der Waals surface area contributed by atoms with E-state index in [4.69, 9.17) is 14.7 Å². The van der Waals surface area contributed by atoms with Crippen molar-refractivity contribution in [1.29, 1.82) is 0 Å². The Morgan fingerprint density at radius 1 is 0.766 bits per heavy atom. The number of hydrogen-bond donors (Lipinski definition) is 0. The summed E-state index contributed by atoms with van der Waals surface area (Å²) in [6.07, 6.45) is 5.28. The van der Waals surface area contributed by atoms with E-state index < -0.39 is 0 Å². The molecule has 0 bridgehead atoms. The molecule has 0 saturated carbocycles. The molecule has 7 aromatic rings. The van der Waals surface area contributed by atoms with Crippen LogP contribution in [0.25, 0.3) is 39.1 Å². The Hall–Kier alpha value is -5.07. The summed E-state index contributed by atoms with van der Waals surface area (Å²) in [4.78, 5) is 22.6. The summed E-state index contributed by atoms with van der Waals surface area (Å²) >= 11 is 0. The molecule has 236 valence electrons. The molecule has 0 unspecified atom stereocenters. The van der Waals surface area contributed by atoms with E-state index >= 15 is 0 Å². The average molecular weight is 796 g/mol. The van der Waals surface area contributed by atoms with Gasteiger partial charge in [0.2, 0.25) is 0 Å². The van der Waals surface area contributed by atoms with Gasteiger partial charge in [-0.2, -0.15) is 30.6 Å². The average Bonchev–Trinajstić information content (AvgIpc) is 3.59. The van der Waals surface area contributed by atoms with Crippen molar-refractivity contribution in [1.82, 2.24) is 24.5 Å². The fourth-order valence-electron chi connectivity index (χ4n) is 5.91. The van der Waals surface area contributed by atoms with E-state index in [2.05, 4.69) is 106 Å². The van der Waals surface area contributed by atoms with Gasteiger partial charge in [-0.25, -0.2) is 19.9 Å². The number of ether oxygens (including phenoxy) is 1. The molecule has 3 aromatic carbocycles. The molecule has 0 spiro atoms. The maximum Gasteiger partial charge on any atom is 0.159 e. The third kappa shape index (κ3) is 5.53. The second-order valence-electron chi connectivity index (χ2n) is 12.3. The molecule has 8 nitrogen and oxygen atoms in total. The monoisotopic (exact) mass is 795 g/mol. The van der Waals surface area contributed by atoms with Gasteiger partial charge in [0.05, 0.1) is 0 Å². The van der Waals surface area contributed by atoms with Crippen molar-refractivity contribution in [3.63, 3.8) is 0 Å². The molecule has 4 aromatic heterocycles. The van der Waals surface area contributed by atoms with Crippen molar-refractivity contribution in [2.45, 2.75) is 26.2 Å². The Bertz CT molecular complexity index is 2240. The van der Waals surface area contributed by atoms with Crippen LogP contribution in [0.2, 0.25) is 0 Å². The van der Waals surface area contributed by atoms with Crippen LogP contribution < -0.4 is 14.5 Å². The van der Waals surface area contributed by atoms with Crippen molar-refractivity contribution in [2.24, 2.45) is 0 Å². The number of benzene rings is 3. The molecule has 0 radical (unpaired) electrons. The first-order valence-corrected chi connectivity index (χ1v) is 15.1. The van der Waals surface area contributed by atoms with Gasteiger partial charge in [-0.15, -0.1) is 17.5 Å². The minimum Gasteiger partial charge on any atom is -0.504 e. The first-order chi connectivity index (χ1) is 22.3. The summed E-state index contributed by atoms with van der Waals surface area (Å²) in [6.45, 7) is 8.64. The number of rotatable bonds is 5. The zero-order chi connectivity index (χ0) is 31.4. The molecule has 0 atom stereocenters. The summed E-state index contributed by atoms with van der Waals surface area (Å²) in [7, 11) is 2.02. The molecule has 0 fully saturated rings. The Labute approximate surface area is 288 Å². The molecule has 1 aliphatic rings. The molecule has 1 aliphatic heterocycles. The standard InChI is InChI=1S/C38H30N7O.Pt/c1-38(2,3)25-16-19-39-35(20-25)45-31-11-6-5-10-28(31)29-15-14-27(23-34(29)45)46-36-22-26(21-30(42-36)37-40-17-9-18-41-37)44-24-43(4)32-12-7-8-13-33(32)44;/h5-21,24H,1-4H3;/q-3;. The van der Waals surface area contributed by atoms with Crippen molar-refractivity contribution >= 4 is 38.9 Å². The van der Waals surface area contributed by atoms with Crippen LogP contribution in [0.3, 0.4) is 0 Å². The van der Waals surface area contributed by atoms with E-state index in [1.54, 1.807) is 18.5 Å². The predicted molar refractivity (Wildman–Crippen MR) is 182 cm³/mol. The molecule has 0 N–H and O–H groups in total. The fourth-order valence-corrected chi connectivity index (χ4v) is 5.91. The first-order valence-electron chi connectivity index (χ1n) is 15.1. The Morgan fingerprint density at radius 3 is 2.34 bits per heavy atom. The van der Waals surface area contributed by atoms with Gasteiger partial charge in [0.15, 0.2) is 5.82 Å². The topological polar surface area (TPSA) is 72.2 Å². The summed E-state index contributed by atoms with van der Waals surface area (Å²) in [5, 5.41) is 2.17. The predicted octanol–water partition coefficient (Wildman–Crippen LogP) is 8.43. The number of pyridine rings is 2. The minimum absolute atomic E-state index is 0. The van der Waals surface area contributed by atoms with E-state index in [1.165, 1.54) is 5.56 Å². The van der Waals surface area contributed by atoms with E-state index in [0.29, 0.717) is 17.3 Å². The van der Waals surface area contributed by atoms with Gasteiger partial charge < -0.3 is 19.1 Å². The largest absolute Gasteiger partial charge is 0.504 e. The maximum absolute atomic E-state index is 6.46. The quantitative estimate of drug-likeness (QED) is 0.162. The summed E-state index contributed by atoms with van der Waals surface area (Å²) in [5.41, 5.74) is 6.53. The van der Waals surface area contributed by atoms with Crippen LogP contribution in [0, 0.1) is 18.8 Å². The SMILES string of the molecule is CN1[CH-]N(c2[c-]c(Oc3[c-]c4c(cc3)c3ccccc3n4-c3cc(C(C)(C)C)ccn3)nc(-c3ncccn3)c2)c2ccccc21.[Pt]. The van der Waals surface area contributed by atoms with E-state index in [0.717, 1.165) is 44.7 Å². The van der Waals surface area contributed by atoms with Crippen molar-refractivity contribution in [2.75, 3.05) is 16.8 Å². The van der Waals surface area contributed by atoms with Crippen LogP contribution in [0.4, 0.5) is 17.1 Å². The Kier molecular flexibility index (Phi) is 7.77. The van der Waals surface area contributed by atoms with Crippen molar-refractivity contribution < 1.29 is 25.8 Å². The first kappa shape index (κ1) is 30.6. The molecular weight excluding hydrogens is 766 g/mol. The molecule has 0 amide bonds. The summed E-state index contributed by atoms with van der Waals surface area (Å²) in [6, 6.07) is 35.4. The van der Waals surface area contributed by atoms with E-state index in [9.17, 15) is 0 Å². The number of nitrogens with zero attached hydrogens (tertiary/aromatic N) is 7. The van der Waals surface area contributed by atoms with E-state index in [-0.39, 0.29) is 32.4 Å². The number of anilines is 3. The van der Waals surface area contributed by atoms with Gasteiger partial charge in [0, 0.05) is 68.0 Å². The molecular formula is C38H30N7OPt-3. The summed E-state index contributed by atoms with van der Waals surface area (Å²) < 4.78 is 8.61. The van der Waals surface area contributed by atoms with Gasteiger partial charge in [-0.1, -0.05) is 56.6 Å². The second kappa shape index (κ2) is 11.9. The normalized spacial score (nSPS) is 12.8. The molecule has 9 heteroatoms. The van der Waals surface area contributed by atoms with Gasteiger partial charge in [-0.3, -0.25) is 0 Å². The Balaban J connectivity index is 0.00000351. The number of para-hydroxylation sites is 3. The maximum atomic E-state index is 6.46. The zero-order valence-electron chi connectivity index (χ0n) is 26.2. The molecule has 0 aliphatic carbocycles. The van der Waals surface area contributed by atoms with Crippen LogP contribution in [0.5, 0.6) is 11.6 Å². The van der Waals surface area contributed by atoms with Gasteiger partial charge in [0.1, 0.15) is 11.7 Å². The van der Waals surface area contributed by atoms with Crippen LogP contribution in [-0.4, -0.2) is 31.6 Å². The smallest absolute Gasteiger partial charge is 0.159 e. The van der Waals surface area contributed by atoms with Crippen molar-refractivity contribution in [3.05, 3.63) is 128 Å². The Morgan fingerprint density at radius 2 is 1.53 bits per heavy atom. The number of fused-ring (bicyclic) bond motifs is 4. The number of aromatic nitrogens is 5. The van der Waals surface area contributed by atoms with Gasteiger partial charge in [-0.05, 0) is 59.8 Å². The molecule has 0 saturated heterocycles. The third-order valence-electron chi connectivity index (χ3n) is 8.20. The number of hydrogen-bond acceptors (Lipinski definition) is 7.